The molecule has 1 unspecified atom stereocenters. The molecule has 0 bridgehead atoms. The highest BCUT2D eigenvalue weighted by Gasteiger charge is 2.51. The van der Waals surface area contributed by atoms with Crippen LogP contribution in [0.1, 0.15) is 49.8 Å². The molecule has 1 aliphatic carbocycles. The molecule has 3 aromatic rings. The van der Waals surface area contributed by atoms with Crippen LogP contribution in [0.25, 0.3) is 17.1 Å². The second kappa shape index (κ2) is 9.90. The zero-order chi connectivity index (χ0) is 29.2. The summed E-state index contributed by atoms with van der Waals surface area (Å²) in [6.07, 6.45) is -0.588. The van der Waals surface area contributed by atoms with E-state index in [1.165, 1.54) is 0 Å². The molecule has 9 nitrogen and oxygen atoms in total. The second-order valence-corrected chi connectivity index (χ2v) is 11.8. The first-order valence-electron chi connectivity index (χ1n) is 14.1. The molecule has 3 atom stereocenters. The third-order valence-electron chi connectivity index (χ3n) is 8.36. The lowest BCUT2D eigenvalue weighted by atomic mass is 9.84. The van der Waals surface area contributed by atoms with E-state index < -0.39 is 18.0 Å². The molecule has 1 N–H and O–H groups in total. The van der Waals surface area contributed by atoms with E-state index >= 15 is 0 Å². The number of nitrogens with zero attached hydrogens (tertiary/aromatic N) is 6. The Balaban J connectivity index is 1.45. The summed E-state index contributed by atoms with van der Waals surface area (Å²) >= 11 is 0. The van der Waals surface area contributed by atoms with Crippen LogP contribution in [0.4, 0.5) is 20.2 Å². The average molecular weight is 564 g/mol. The van der Waals surface area contributed by atoms with Gasteiger partial charge in [-0.3, -0.25) is 9.59 Å². The van der Waals surface area contributed by atoms with Crippen LogP contribution in [0.15, 0.2) is 42.5 Å². The van der Waals surface area contributed by atoms with Crippen LogP contribution >= 0.6 is 0 Å². The van der Waals surface area contributed by atoms with E-state index in [9.17, 15) is 18.4 Å². The molecule has 1 saturated carbocycles. The van der Waals surface area contributed by atoms with Crippen LogP contribution in [0.3, 0.4) is 0 Å². The largest absolute Gasteiger partial charge is 0.355 e. The minimum atomic E-state index is -2.73. The van der Waals surface area contributed by atoms with E-state index in [-0.39, 0.29) is 42.6 Å². The Labute approximate surface area is 238 Å². The van der Waals surface area contributed by atoms with Gasteiger partial charge in [-0.25, -0.2) is 18.4 Å². The number of alkyl halides is 2. The fraction of sp³-hybridized carbons (Fsp3) is 0.467. The maximum absolute atomic E-state index is 13.9. The van der Waals surface area contributed by atoms with Crippen molar-refractivity contribution in [2.75, 3.05) is 29.9 Å². The second-order valence-electron chi connectivity index (χ2n) is 11.8. The first-order chi connectivity index (χ1) is 19.4. The van der Waals surface area contributed by atoms with Gasteiger partial charge < -0.3 is 20.0 Å². The summed E-state index contributed by atoms with van der Waals surface area (Å²) in [6, 6.07) is 12.6. The number of aromatic nitrogens is 3. The van der Waals surface area contributed by atoms with Gasteiger partial charge in [-0.15, -0.1) is 5.10 Å². The molecule has 2 fully saturated rings. The Kier molecular flexibility index (Phi) is 6.60. The highest BCUT2D eigenvalue weighted by atomic mass is 19.3. The maximum atomic E-state index is 13.9. The Morgan fingerprint density at radius 3 is 2.29 bits per heavy atom. The molecule has 41 heavy (non-hydrogen) atoms. The van der Waals surface area contributed by atoms with Crippen LogP contribution in [-0.4, -0.2) is 81.7 Å². The lowest BCUT2D eigenvalue weighted by Gasteiger charge is -2.50. The highest BCUT2D eigenvalue weighted by molar-refractivity contribution is 6.05. The monoisotopic (exact) mass is 563 g/mol. The number of halogens is 2. The molecule has 0 spiro atoms. The number of nitrogens with one attached hydrogen (secondary N) is 1. The summed E-state index contributed by atoms with van der Waals surface area (Å²) < 4.78 is 29.5. The van der Waals surface area contributed by atoms with Gasteiger partial charge in [0.05, 0.1) is 17.1 Å². The van der Waals surface area contributed by atoms with Crippen molar-refractivity contribution in [3.63, 3.8) is 0 Å². The van der Waals surface area contributed by atoms with Crippen molar-refractivity contribution in [1.29, 1.82) is 0 Å². The van der Waals surface area contributed by atoms with Gasteiger partial charge in [-0.2, -0.15) is 0 Å². The topological polar surface area (TPSA) is 86.6 Å². The van der Waals surface area contributed by atoms with E-state index in [2.05, 4.69) is 10.4 Å². The number of rotatable bonds is 4. The van der Waals surface area contributed by atoms with Crippen LogP contribution < -0.4 is 15.1 Å². The van der Waals surface area contributed by atoms with E-state index in [1.54, 1.807) is 28.5 Å². The zero-order valence-electron chi connectivity index (χ0n) is 23.9. The van der Waals surface area contributed by atoms with Crippen molar-refractivity contribution in [2.24, 2.45) is 0 Å². The highest BCUT2D eigenvalue weighted by Crippen LogP contribution is 2.47. The molecule has 6 rings (SSSR count). The van der Waals surface area contributed by atoms with Crippen molar-refractivity contribution in [3.8, 4) is 17.1 Å². The first kappa shape index (κ1) is 27.3. The summed E-state index contributed by atoms with van der Waals surface area (Å²) in [4.78, 5) is 36.6. The first-order valence-corrected chi connectivity index (χ1v) is 14.1. The van der Waals surface area contributed by atoms with Crippen molar-refractivity contribution in [1.82, 2.24) is 25.0 Å². The number of aryl methyl sites for hydroxylation is 1. The zero-order valence-corrected chi connectivity index (χ0v) is 23.9. The number of hydrogen-bond donors (Lipinski definition) is 1. The molecular weight excluding hydrogens is 528 g/mol. The molecule has 1 saturated heterocycles. The molecule has 2 aliphatic heterocycles. The third kappa shape index (κ3) is 4.86. The Hall–Kier alpha value is -3.86. The number of hydrogen-bond acceptors (Lipinski definition) is 6. The van der Waals surface area contributed by atoms with Crippen LogP contribution in [-0.2, 0) is 4.79 Å². The van der Waals surface area contributed by atoms with Gasteiger partial charge in [0.15, 0.2) is 5.82 Å². The lowest BCUT2D eigenvalue weighted by Crippen LogP contribution is -2.60. The number of amides is 2. The molecule has 3 heterocycles. The minimum absolute atomic E-state index is 0.0933. The predicted molar refractivity (Wildman–Crippen MR) is 153 cm³/mol. The van der Waals surface area contributed by atoms with Gasteiger partial charge in [0.25, 0.3) is 11.8 Å². The number of carbonyl (C=O) groups is 2. The molecule has 216 valence electrons. The minimum Gasteiger partial charge on any atom is -0.355 e. The van der Waals surface area contributed by atoms with Crippen molar-refractivity contribution in [2.45, 2.75) is 70.6 Å². The van der Waals surface area contributed by atoms with E-state index in [4.69, 9.17) is 4.98 Å². The summed E-state index contributed by atoms with van der Waals surface area (Å²) in [6.45, 7) is 8.94. The maximum Gasteiger partial charge on any atom is 0.293 e. The molecule has 3 aliphatic rings. The SMILES string of the molecule is Cc1ccc(-n2nc(C(=O)N3C[C@@H](C)N[C@@H](C)C3)nc2-c2ccc3c(c2)N(C2CC(F)(F)C2)C(C)C(=O)N3C)cc1. The number of carbonyl (C=O) groups excluding carboxylic acids is 2. The quantitative estimate of drug-likeness (QED) is 0.516. The number of piperazine rings is 1. The van der Waals surface area contributed by atoms with Gasteiger partial charge in [0.1, 0.15) is 6.04 Å². The molecular formula is C30H35F2N7O2. The standard InChI is InChI=1S/C30H35F2N7O2/c1-17-6-9-22(10-7-17)39-27(34-26(35-39)29(41)37-15-18(2)33-19(3)16-37)21-8-11-24-25(12-21)38(20(4)28(40)36(24)5)23-13-30(31,32)14-23/h6-12,18-20,23,33H,13-16H2,1-5H3/t18-,19+,20?. The third-order valence-corrected chi connectivity index (χ3v) is 8.36. The van der Waals surface area contributed by atoms with E-state index in [0.29, 0.717) is 35.9 Å². The molecule has 11 heteroatoms. The van der Waals surface area contributed by atoms with Gasteiger partial charge in [0.2, 0.25) is 11.7 Å². The smallest absolute Gasteiger partial charge is 0.293 e. The molecule has 1 aromatic heterocycles. The number of benzene rings is 2. The van der Waals surface area contributed by atoms with Gasteiger partial charge in [0, 0.05) is 56.7 Å². The Morgan fingerprint density at radius 2 is 1.66 bits per heavy atom. The van der Waals surface area contributed by atoms with Crippen LogP contribution in [0.5, 0.6) is 0 Å². The van der Waals surface area contributed by atoms with E-state index in [0.717, 1.165) is 11.3 Å². The van der Waals surface area contributed by atoms with Gasteiger partial charge in [-0.05, 0) is 58.0 Å². The van der Waals surface area contributed by atoms with Crippen molar-refractivity contribution >= 4 is 23.2 Å². The number of likely N-dealkylation sites (N-methyl/N-ethyl adjacent to an activating group) is 1. The average Bonchev–Trinajstić information content (AvgIpc) is 3.35. The molecule has 0 radical (unpaired) electrons. The molecule has 2 amide bonds. The normalized spacial score (nSPS) is 24.3. The fourth-order valence-corrected chi connectivity index (χ4v) is 6.31. The predicted octanol–water partition coefficient (Wildman–Crippen LogP) is 4.03. The fourth-order valence-electron chi connectivity index (χ4n) is 6.31. The number of anilines is 2. The van der Waals surface area contributed by atoms with Gasteiger partial charge in [-0.1, -0.05) is 17.7 Å². The Morgan fingerprint density at radius 1 is 1.00 bits per heavy atom. The Bertz CT molecular complexity index is 1490. The van der Waals surface area contributed by atoms with E-state index in [1.807, 2.05) is 68.1 Å². The summed E-state index contributed by atoms with van der Waals surface area (Å²) in [7, 11) is 1.70. The lowest BCUT2D eigenvalue weighted by molar-refractivity contribution is -0.121. The van der Waals surface area contributed by atoms with Crippen LogP contribution in [0.2, 0.25) is 0 Å². The van der Waals surface area contributed by atoms with Crippen molar-refractivity contribution < 1.29 is 18.4 Å². The summed E-state index contributed by atoms with van der Waals surface area (Å²) in [5.41, 5.74) is 3.83. The van der Waals surface area contributed by atoms with Crippen molar-refractivity contribution in [3.05, 3.63) is 53.9 Å². The summed E-state index contributed by atoms with van der Waals surface area (Å²) in [5, 5.41) is 8.12. The van der Waals surface area contributed by atoms with Crippen LogP contribution in [0, 0.1) is 6.92 Å². The summed E-state index contributed by atoms with van der Waals surface area (Å²) in [5.74, 6) is -2.56. The van der Waals surface area contributed by atoms with Gasteiger partial charge >= 0.3 is 0 Å². The molecule has 2 aromatic carbocycles. The number of fused-ring (bicyclic) bond motifs is 1.